The molecular weight excluding hydrogens is 585 g/mol. The quantitative estimate of drug-likeness (QED) is 0.334. The number of alkyl halides is 9. The zero-order valence-electron chi connectivity index (χ0n) is 21.6. The maximum Gasteiger partial charge on any atom is 0.435 e. The molecule has 42 heavy (non-hydrogen) atoms. The van der Waals surface area contributed by atoms with Gasteiger partial charge >= 0.3 is 18.5 Å². The van der Waals surface area contributed by atoms with Crippen molar-refractivity contribution in [2.75, 3.05) is 7.05 Å². The molecule has 224 valence electrons. The molecule has 0 bridgehead atoms. The zero-order chi connectivity index (χ0) is 31.3. The number of fused-ring (bicyclic) bond motifs is 1. The molecule has 2 amide bonds. The highest BCUT2D eigenvalue weighted by atomic mass is 19.4. The van der Waals surface area contributed by atoms with E-state index in [0.717, 1.165) is 0 Å². The monoisotopic (exact) mass is 605 g/mol. The van der Waals surface area contributed by atoms with E-state index < -0.39 is 70.8 Å². The minimum absolute atomic E-state index is 0.00403. The van der Waals surface area contributed by atoms with E-state index in [1.165, 1.54) is 50.4 Å². The largest absolute Gasteiger partial charge is 0.435 e. The van der Waals surface area contributed by atoms with Crippen LogP contribution >= 0.6 is 0 Å². The molecule has 0 saturated heterocycles. The number of hydrogen-bond acceptors (Lipinski definition) is 4. The van der Waals surface area contributed by atoms with Gasteiger partial charge in [0.25, 0.3) is 11.5 Å². The van der Waals surface area contributed by atoms with Crippen molar-refractivity contribution in [1.29, 1.82) is 0 Å². The van der Waals surface area contributed by atoms with Gasteiger partial charge in [-0.05, 0) is 42.0 Å². The molecule has 0 saturated carbocycles. The minimum atomic E-state index is -5.50. The van der Waals surface area contributed by atoms with Gasteiger partial charge in [-0.3, -0.25) is 9.59 Å². The van der Waals surface area contributed by atoms with Crippen LogP contribution in [0.4, 0.5) is 39.5 Å². The van der Waals surface area contributed by atoms with Crippen LogP contribution in [0, 0.1) is 0 Å². The number of rotatable bonds is 5. The number of carbonyl (C=O) groups is 2. The highest BCUT2D eigenvalue weighted by Gasteiger charge is 2.63. The lowest BCUT2D eigenvalue weighted by molar-refractivity contribution is -0.276. The van der Waals surface area contributed by atoms with E-state index in [0.29, 0.717) is 0 Å². The van der Waals surface area contributed by atoms with E-state index in [1.54, 1.807) is 0 Å². The van der Waals surface area contributed by atoms with Crippen LogP contribution in [0.3, 0.4) is 0 Å². The van der Waals surface area contributed by atoms with Gasteiger partial charge in [0.1, 0.15) is 6.04 Å². The fraction of sp³-hybridized carbons (Fsp3) is 0.296. The Hall–Kier alpha value is -4.30. The number of benzene rings is 3. The summed E-state index contributed by atoms with van der Waals surface area (Å²) < 4.78 is 124. The van der Waals surface area contributed by atoms with Gasteiger partial charge in [-0.25, -0.2) is 0 Å². The number of oxime groups is 1. The predicted molar refractivity (Wildman–Crippen MR) is 131 cm³/mol. The molecule has 2 unspecified atom stereocenters. The number of nitrogens with zero attached hydrogens (tertiary/aromatic N) is 1. The van der Waals surface area contributed by atoms with Gasteiger partial charge in [0.2, 0.25) is 5.91 Å². The van der Waals surface area contributed by atoms with Gasteiger partial charge in [0.15, 0.2) is 0 Å². The van der Waals surface area contributed by atoms with Crippen molar-refractivity contribution >= 4 is 28.3 Å². The molecule has 0 spiro atoms. The minimum Gasteiger partial charge on any atom is -0.374 e. The molecule has 2 atom stereocenters. The van der Waals surface area contributed by atoms with Gasteiger partial charge in [-0.1, -0.05) is 35.5 Å². The second-order valence-corrected chi connectivity index (χ2v) is 9.44. The molecule has 0 radical (unpaired) electrons. The molecule has 2 N–H and O–H groups in total. The number of amides is 2. The van der Waals surface area contributed by atoms with Gasteiger partial charge in [-0.2, -0.15) is 39.5 Å². The lowest BCUT2D eigenvalue weighted by Crippen LogP contribution is -2.43. The highest BCUT2D eigenvalue weighted by molar-refractivity contribution is 6.16. The van der Waals surface area contributed by atoms with Gasteiger partial charge in [0.05, 0.1) is 16.8 Å². The molecule has 1 aliphatic heterocycles. The maximum absolute atomic E-state index is 14.5. The van der Waals surface area contributed by atoms with Crippen molar-refractivity contribution < 1.29 is 53.9 Å². The van der Waals surface area contributed by atoms with Crippen molar-refractivity contribution in [2.45, 2.75) is 43.5 Å². The topological polar surface area (TPSA) is 79.8 Å². The fourth-order valence-corrected chi connectivity index (χ4v) is 4.54. The summed E-state index contributed by atoms with van der Waals surface area (Å²) in [5, 5.41) is 8.73. The second kappa shape index (κ2) is 10.5. The van der Waals surface area contributed by atoms with E-state index in [4.69, 9.17) is 4.84 Å². The Morgan fingerprint density at radius 2 is 1.45 bits per heavy atom. The molecule has 1 aliphatic rings. The first-order chi connectivity index (χ1) is 19.4. The second-order valence-electron chi connectivity index (χ2n) is 9.44. The summed E-state index contributed by atoms with van der Waals surface area (Å²) in [6.07, 6.45) is -17.6. The van der Waals surface area contributed by atoms with Crippen LogP contribution in [0.5, 0.6) is 0 Å². The van der Waals surface area contributed by atoms with E-state index in [2.05, 4.69) is 15.8 Å². The normalized spacial score (nSPS) is 18.3. The molecule has 0 aliphatic carbocycles. The van der Waals surface area contributed by atoms with Crippen LogP contribution in [-0.4, -0.2) is 36.8 Å². The highest BCUT2D eigenvalue weighted by Crippen LogP contribution is 2.51. The molecule has 0 fully saturated rings. The van der Waals surface area contributed by atoms with Crippen LogP contribution in [0.1, 0.15) is 46.0 Å². The summed E-state index contributed by atoms with van der Waals surface area (Å²) in [7, 11) is 1.36. The maximum atomic E-state index is 14.5. The molecule has 6 nitrogen and oxygen atoms in total. The van der Waals surface area contributed by atoms with E-state index in [9.17, 15) is 49.1 Å². The van der Waals surface area contributed by atoms with Crippen LogP contribution in [-0.2, 0) is 27.6 Å². The van der Waals surface area contributed by atoms with Gasteiger partial charge < -0.3 is 15.5 Å². The first-order valence-electron chi connectivity index (χ1n) is 12.1. The summed E-state index contributed by atoms with van der Waals surface area (Å²) in [5.41, 5.74) is -9.39. The Balaban J connectivity index is 1.81. The van der Waals surface area contributed by atoms with Gasteiger partial charge in [0, 0.05) is 30.2 Å². The number of carbonyl (C=O) groups excluding carboxylic acids is 2. The van der Waals surface area contributed by atoms with E-state index >= 15 is 0 Å². The zero-order valence-corrected chi connectivity index (χ0v) is 21.6. The lowest BCUT2D eigenvalue weighted by Gasteiger charge is -2.30. The summed E-state index contributed by atoms with van der Waals surface area (Å²) in [6.45, 7) is 1.42. The van der Waals surface area contributed by atoms with Crippen LogP contribution < -0.4 is 10.6 Å². The van der Waals surface area contributed by atoms with Crippen molar-refractivity contribution in [3.05, 3.63) is 82.4 Å². The number of hydrogen-bond donors (Lipinski definition) is 2. The van der Waals surface area contributed by atoms with Crippen LogP contribution in [0.15, 0.2) is 59.8 Å². The van der Waals surface area contributed by atoms with Crippen molar-refractivity contribution in [3.63, 3.8) is 0 Å². The molecule has 3 aromatic carbocycles. The fourth-order valence-electron chi connectivity index (χ4n) is 4.54. The average molecular weight is 605 g/mol. The van der Waals surface area contributed by atoms with Crippen LogP contribution in [0.25, 0.3) is 10.8 Å². The molecular formula is C27H20F9N3O3. The van der Waals surface area contributed by atoms with Crippen molar-refractivity contribution in [1.82, 2.24) is 10.6 Å². The van der Waals surface area contributed by atoms with Crippen molar-refractivity contribution in [2.24, 2.45) is 5.16 Å². The number of likely N-dealkylation sites (N-methyl/N-ethyl adjacent to an activating group) is 1. The summed E-state index contributed by atoms with van der Waals surface area (Å²) in [5.74, 6) is -1.18. The number of halogens is 9. The molecule has 15 heteroatoms. The molecule has 0 aromatic heterocycles. The summed E-state index contributed by atoms with van der Waals surface area (Å²) in [6, 6.07) is 7.09. The summed E-state index contributed by atoms with van der Waals surface area (Å²) >= 11 is 0. The predicted octanol–water partition coefficient (Wildman–Crippen LogP) is 6.32. The Morgan fingerprint density at radius 3 is 1.98 bits per heavy atom. The third kappa shape index (κ3) is 5.59. The number of nitrogens with one attached hydrogen (secondary N) is 2. The van der Waals surface area contributed by atoms with E-state index in [-0.39, 0.29) is 40.1 Å². The van der Waals surface area contributed by atoms with Gasteiger partial charge in [-0.15, -0.1) is 0 Å². The summed E-state index contributed by atoms with van der Waals surface area (Å²) in [4.78, 5) is 29.4. The molecule has 4 rings (SSSR count). The molecule has 3 aromatic rings. The first-order valence-corrected chi connectivity index (χ1v) is 12.1. The smallest absolute Gasteiger partial charge is 0.374 e. The first kappa shape index (κ1) is 30.7. The Morgan fingerprint density at radius 1 is 0.881 bits per heavy atom. The lowest BCUT2D eigenvalue weighted by atomic mass is 9.83. The van der Waals surface area contributed by atoms with E-state index in [1.807, 2.05) is 0 Å². The Bertz CT molecular complexity index is 1550. The SMILES string of the molecule is CNC(=O)C(C)NC(=O)c1ccc(C2=NOC(c3cc(C(F)(F)F)cc(C(F)(F)F)c3)(C(F)(F)F)C2)c2ccccc12. The van der Waals surface area contributed by atoms with Crippen molar-refractivity contribution in [3.8, 4) is 0 Å². The third-order valence-corrected chi connectivity index (χ3v) is 6.71. The third-order valence-electron chi connectivity index (χ3n) is 6.71. The standard InChI is InChI=1S/C27H20F9N3O3/c1-13(22(40)37-2)38-23(41)20-8-7-19(17-5-3-4-6-18(17)20)21-12-24(42-39-21,27(34,35)36)14-9-15(25(28,29)30)11-16(10-14)26(31,32)33/h3-11,13H,12H2,1-2H3,(H,37,40)(H,38,41). The Labute approximate surface area is 231 Å². The Kier molecular flexibility index (Phi) is 7.67. The van der Waals surface area contributed by atoms with Crippen LogP contribution in [0.2, 0.25) is 0 Å². The average Bonchev–Trinajstić information content (AvgIpc) is 3.37. The molecule has 1 heterocycles.